The summed E-state index contributed by atoms with van der Waals surface area (Å²) in [5, 5.41) is 6.74. The zero-order chi connectivity index (χ0) is 23.9. The fraction of sp³-hybridized carbons (Fsp3) is 0.304. The van der Waals surface area contributed by atoms with E-state index >= 15 is 0 Å². The Hall–Kier alpha value is -2.91. The van der Waals surface area contributed by atoms with Crippen molar-refractivity contribution in [3.05, 3.63) is 52.2 Å². The van der Waals surface area contributed by atoms with Crippen LogP contribution in [0.5, 0.6) is 0 Å². The summed E-state index contributed by atoms with van der Waals surface area (Å²) in [6.07, 6.45) is 12.8. The average Bonchev–Trinajstić information content (AvgIpc) is 3.19. The molecule has 0 radical (unpaired) electrons. The Bertz CT molecular complexity index is 1010. The molecule has 0 aliphatic carbocycles. The molecule has 7 nitrogen and oxygen atoms in total. The first-order chi connectivity index (χ1) is 15.5. The van der Waals surface area contributed by atoms with Crippen LogP contribution in [0.1, 0.15) is 43.8 Å². The van der Waals surface area contributed by atoms with Gasteiger partial charge in [0, 0.05) is 36.6 Å². The molecule has 0 saturated heterocycles. The minimum Gasteiger partial charge on any atom is -0.385 e. The molecule has 0 saturated carbocycles. The van der Waals surface area contributed by atoms with Gasteiger partial charge < -0.3 is 15.5 Å². The molecule has 2 aromatic heterocycles. The van der Waals surface area contributed by atoms with Crippen molar-refractivity contribution in [2.24, 2.45) is 4.99 Å². The molecule has 2 N–H and O–H groups in total. The number of carbonyl (C=O) groups excluding carboxylic acids is 2. The fourth-order valence-electron chi connectivity index (χ4n) is 2.54. The molecule has 172 valence electrons. The third kappa shape index (κ3) is 7.65. The van der Waals surface area contributed by atoms with Crippen molar-refractivity contribution in [3.8, 4) is 0 Å². The quantitative estimate of drug-likeness (QED) is 0.131. The smallest absolute Gasteiger partial charge is 0.211 e. The summed E-state index contributed by atoms with van der Waals surface area (Å²) in [6, 6.07) is 1.87. The highest BCUT2D eigenvalue weighted by Gasteiger charge is 2.15. The molecule has 0 spiro atoms. The molecule has 0 aliphatic heterocycles. The number of aliphatic imine (C=N–C) groups is 1. The Morgan fingerprint density at radius 1 is 1.28 bits per heavy atom. The van der Waals surface area contributed by atoms with Crippen LogP contribution in [0, 0.1) is 0 Å². The second kappa shape index (κ2) is 15.0. The van der Waals surface area contributed by atoms with Crippen LogP contribution >= 0.6 is 24.0 Å². The molecule has 0 fully saturated rings. The summed E-state index contributed by atoms with van der Waals surface area (Å²) in [7, 11) is 1.80. The molecule has 0 atom stereocenters. The fourth-order valence-corrected chi connectivity index (χ4v) is 3.71. The van der Waals surface area contributed by atoms with E-state index in [0.717, 1.165) is 35.2 Å². The van der Waals surface area contributed by atoms with E-state index < -0.39 is 0 Å². The Kier molecular flexibility index (Phi) is 12.7. The highest BCUT2D eigenvalue weighted by atomic mass is 32.1. The second-order valence-corrected chi connectivity index (χ2v) is 7.61. The number of fused-ring (bicyclic) bond motifs is 1. The van der Waals surface area contributed by atoms with Crippen molar-refractivity contribution in [2.75, 3.05) is 18.9 Å². The molecule has 9 heteroatoms. The number of nitrogens with one attached hydrogen (secondary N) is 2. The molecular weight excluding hydrogens is 442 g/mol. The van der Waals surface area contributed by atoms with Crippen molar-refractivity contribution in [1.29, 1.82) is 0 Å². The Balaban J connectivity index is 0.00000249. The number of thiophene rings is 1. The summed E-state index contributed by atoms with van der Waals surface area (Å²) in [5.74, 6) is 0. The lowest BCUT2D eigenvalue weighted by Crippen LogP contribution is -2.12. The Morgan fingerprint density at radius 3 is 2.66 bits per heavy atom. The van der Waals surface area contributed by atoms with E-state index in [0.29, 0.717) is 27.6 Å². The number of rotatable bonds is 11. The van der Waals surface area contributed by atoms with Gasteiger partial charge in [-0.25, -0.2) is 9.98 Å². The predicted molar refractivity (Wildman–Crippen MR) is 140 cm³/mol. The number of amides is 1. The van der Waals surface area contributed by atoms with Crippen LogP contribution in [0.3, 0.4) is 0 Å². The van der Waals surface area contributed by atoms with Gasteiger partial charge >= 0.3 is 0 Å². The summed E-state index contributed by atoms with van der Waals surface area (Å²) in [4.78, 5) is 35.0. The maximum absolute atomic E-state index is 11.6. The summed E-state index contributed by atoms with van der Waals surface area (Å²) in [6.45, 7) is 8.77. The molecule has 1 amide bonds. The molecule has 0 aliphatic rings. The van der Waals surface area contributed by atoms with Gasteiger partial charge in [-0.3, -0.25) is 9.59 Å². The number of hydrogen-bond donors (Lipinski definition) is 3. The van der Waals surface area contributed by atoms with Crippen molar-refractivity contribution in [2.45, 2.75) is 34.1 Å². The van der Waals surface area contributed by atoms with Crippen LogP contribution in [0.25, 0.3) is 10.2 Å². The molecule has 2 rings (SSSR count). The maximum Gasteiger partial charge on any atom is 0.211 e. The van der Waals surface area contributed by atoms with Crippen molar-refractivity contribution >= 4 is 64.6 Å². The number of aldehydes is 1. The first-order valence-corrected chi connectivity index (χ1v) is 11.7. The number of nitrogens with zero attached hydrogens (tertiary/aromatic N) is 3. The van der Waals surface area contributed by atoms with Gasteiger partial charge in [-0.1, -0.05) is 32.9 Å². The van der Waals surface area contributed by atoms with Gasteiger partial charge in [-0.05, 0) is 25.5 Å². The third-order valence-electron chi connectivity index (χ3n) is 3.91. The Labute approximate surface area is 199 Å². The largest absolute Gasteiger partial charge is 0.385 e. The summed E-state index contributed by atoms with van der Waals surface area (Å²) < 4.78 is 0. The third-order valence-corrected chi connectivity index (χ3v) is 5.32. The maximum atomic E-state index is 11.6. The van der Waals surface area contributed by atoms with E-state index in [1.807, 2.05) is 45.9 Å². The molecule has 0 unspecified atom stereocenters. The lowest BCUT2D eigenvalue weighted by molar-refractivity contribution is -0.108. The van der Waals surface area contributed by atoms with Gasteiger partial charge in [0.15, 0.2) is 6.29 Å². The minimum absolute atomic E-state index is 0.516. The van der Waals surface area contributed by atoms with E-state index in [9.17, 15) is 9.59 Å². The molecule has 32 heavy (non-hydrogen) atoms. The number of pyridine rings is 1. The number of anilines is 1. The normalized spacial score (nSPS) is 12.1. The van der Waals surface area contributed by atoms with Crippen molar-refractivity contribution in [1.82, 2.24) is 15.2 Å². The Morgan fingerprint density at radius 2 is 2.03 bits per heavy atom. The first-order valence-electron chi connectivity index (χ1n) is 10.4. The van der Waals surface area contributed by atoms with E-state index in [4.69, 9.17) is 0 Å². The highest BCUT2D eigenvalue weighted by molar-refractivity contribution is 7.84. The van der Waals surface area contributed by atoms with E-state index in [1.165, 1.54) is 11.3 Å². The lowest BCUT2D eigenvalue weighted by atomic mass is 10.2. The minimum atomic E-state index is 0.516. The SMILES string of the molecule is CC.CC\C=C/C(S)=C(\C=C\N(C)C=Nc1c(C=O)sc2nccc(NCC)c12)NC=O. The van der Waals surface area contributed by atoms with Crippen molar-refractivity contribution in [3.63, 3.8) is 0 Å². The highest BCUT2D eigenvalue weighted by Crippen LogP contribution is 2.39. The van der Waals surface area contributed by atoms with Gasteiger partial charge in [0.2, 0.25) is 6.41 Å². The standard InChI is InChI=1S/C21H25N5O2S2.C2H6/c1-4-6-7-17(29)15(25-14-28)9-11-26(3)13-24-20-18(12-27)30-21-19(20)16(22-5-2)8-10-23-21;1-2/h6-14,29H,4-5H2,1-3H3,(H,22,23)(H,25,28);1-2H3/b7-6-,11-9+,17-15-,24-13?;. The van der Waals surface area contributed by atoms with Gasteiger partial charge in [-0.15, -0.1) is 24.0 Å². The van der Waals surface area contributed by atoms with Crippen LogP contribution in [-0.4, -0.2) is 42.5 Å². The van der Waals surface area contributed by atoms with Crippen LogP contribution in [-0.2, 0) is 4.79 Å². The van der Waals surface area contributed by atoms with Gasteiger partial charge in [0.25, 0.3) is 0 Å². The number of aromatic nitrogens is 1. The summed E-state index contributed by atoms with van der Waals surface area (Å²) in [5.41, 5.74) is 2.03. The van der Waals surface area contributed by atoms with E-state index in [2.05, 4.69) is 33.2 Å². The second-order valence-electron chi connectivity index (χ2n) is 6.10. The van der Waals surface area contributed by atoms with Crippen LogP contribution in [0.4, 0.5) is 11.4 Å². The van der Waals surface area contributed by atoms with Gasteiger partial charge in [0.05, 0.1) is 28.0 Å². The lowest BCUT2D eigenvalue weighted by Gasteiger charge is -2.09. The first kappa shape index (κ1) is 27.1. The zero-order valence-corrected chi connectivity index (χ0v) is 20.8. The molecule has 2 heterocycles. The number of hydrogen-bond acceptors (Lipinski definition) is 7. The summed E-state index contributed by atoms with van der Waals surface area (Å²) >= 11 is 5.72. The van der Waals surface area contributed by atoms with E-state index in [1.54, 1.807) is 36.8 Å². The van der Waals surface area contributed by atoms with Crippen molar-refractivity contribution < 1.29 is 9.59 Å². The molecule has 2 aromatic rings. The zero-order valence-electron chi connectivity index (χ0n) is 19.1. The molecule has 0 aromatic carbocycles. The average molecular weight is 474 g/mol. The van der Waals surface area contributed by atoms with E-state index in [-0.39, 0.29) is 0 Å². The number of thiol groups is 1. The topological polar surface area (TPSA) is 86.7 Å². The van der Waals surface area contributed by atoms with Crippen LogP contribution in [0.15, 0.2) is 52.3 Å². The van der Waals surface area contributed by atoms with Gasteiger partial charge in [0.1, 0.15) is 4.83 Å². The molecular formula is C23H31N5O2S2. The monoisotopic (exact) mass is 473 g/mol. The van der Waals surface area contributed by atoms with Crippen LogP contribution in [0.2, 0.25) is 0 Å². The number of carbonyl (C=O) groups is 2. The van der Waals surface area contributed by atoms with Gasteiger partial charge in [-0.2, -0.15) is 0 Å². The number of allylic oxidation sites excluding steroid dienone is 3. The van der Waals surface area contributed by atoms with Crippen LogP contribution < -0.4 is 10.6 Å². The molecule has 0 bridgehead atoms. The predicted octanol–water partition coefficient (Wildman–Crippen LogP) is 5.53.